The van der Waals surface area contributed by atoms with E-state index in [4.69, 9.17) is 5.26 Å². The normalized spacial score (nSPS) is 12.4. The summed E-state index contributed by atoms with van der Waals surface area (Å²) in [5.74, 6) is 0. The molecule has 0 aliphatic heterocycles. The summed E-state index contributed by atoms with van der Waals surface area (Å²) in [6.45, 7) is 5.24. The Morgan fingerprint density at radius 2 is 2.17 bits per heavy atom. The van der Waals surface area contributed by atoms with Crippen LogP contribution in [0.3, 0.4) is 0 Å². The van der Waals surface area contributed by atoms with E-state index in [9.17, 15) is 0 Å². The molecule has 12 heavy (non-hydrogen) atoms. The van der Waals surface area contributed by atoms with E-state index in [1.807, 2.05) is 0 Å². The zero-order valence-electron chi connectivity index (χ0n) is 8.27. The monoisotopic (exact) mass is 168 g/mol. The van der Waals surface area contributed by atoms with Crippen LogP contribution in [0, 0.1) is 11.3 Å². The Kier molecular flexibility index (Phi) is 8.15. The molecule has 0 unspecified atom stereocenters. The van der Waals surface area contributed by atoms with E-state index in [1.165, 1.54) is 25.7 Å². The first-order chi connectivity index (χ1) is 5.81. The summed E-state index contributed by atoms with van der Waals surface area (Å²) < 4.78 is 0. The highest BCUT2D eigenvalue weighted by molar-refractivity contribution is 4.71. The van der Waals surface area contributed by atoms with Gasteiger partial charge in [0.25, 0.3) is 0 Å². The Morgan fingerprint density at radius 1 is 1.42 bits per heavy atom. The highest BCUT2D eigenvalue weighted by Crippen LogP contribution is 2.02. The van der Waals surface area contributed by atoms with Crippen molar-refractivity contribution in [2.24, 2.45) is 0 Å². The van der Waals surface area contributed by atoms with Crippen LogP contribution in [0.1, 0.15) is 46.0 Å². The average Bonchev–Trinajstić information content (AvgIpc) is 2.06. The summed E-state index contributed by atoms with van der Waals surface area (Å²) >= 11 is 0. The number of hydrogen-bond acceptors (Lipinski definition) is 2. The molecule has 0 radical (unpaired) electrons. The van der Waals surface area contributed by atoms with Gasteiger partial charge in [-0.3, -0.25) is 0 Å². The highest BCUT2D eigenvalue weighted by atomic mass is 14.9. The standard InChI is InChI=1S/C10H20N2/c1-3-4-5-7-10(2)12-9-6-8-11/h10,12H,3-7,9H2,1-2H3/t10-/m0/s1. The van der Waals surface area contributed by atoms with Crippen LogP contribution in [-0.2, 0) is 0 Å². The topological polar surface area (TPSA) is 35.8 Å². The van der Waals surface area contributed by atoms with Crippen LogP contribution in [0.2, 0.25) is 0 Å². The Morgan fingerprint density at radius 3 is 2.75 bits per heavy atom. The Bertz CT molecular complexity index is 126. The van der Waals surface area contributed by atoms with Gasteiger partial charge in [-0.15, -0.1) is 0 Å². The first-order valence-electron chi connectivity index (χ1n) is 4.91. The van der Waals surface area contributed by atoms with Gasteiger partial charge in [0.05, 0.1) is 6.07 Å². The Hall–Kier alpha value is -0.550. The molecular formula is C10H20N2. The molecule has 0 aliphatic carbocycles. The van der Waals surface area contributed by atoms with Crippen LogP contribution >= 0.6 is 0 Å². The Labute approximate surface area is 76.0 Å². The quantitative estimate of drug-likeness (QED) is 0.593. The van der Waals surface area contributed by atoms with Crippen molar-refractivity contribution in [2.45, 2.75) is 52.0 Å². The number of rotatable bonds is 7. The summed E-state index contributed by atoms with van der Waals surface area (Å²) in [6.07, 6.45) is 5.77. The smallest absolute Gasteiger partial charge is 0.0635 e. The van der Waals surface area contributed by atoms with Gasteiger partial charge in [-0.1, -0.05) is 26.2 Å². The van der Waals surface area contributed by atoms with Gasteiger partial charge in [0.15, 0.2) is 0 Å². The second-order valence-electron chi connectivity index (χ2n) is 3.26. The maximum absolute atomic E-state index is 8.30. The Balaban J connectivity index is 3.11. The second-order valence-corrected chi connectivity index (χ2v) is 3.26. The molecule has 0 fully saturated rings. The van der Waals surface area contributed by atoms with E-state index in [0.29, 0.717) is 12.5 Å². The molecule has 2 nitrogen and oxygen atoms in total. The number of nitrogens with one attached hydrogen (secondary N) is 1. The molecule has 1 atom stereocenters. The molecule has 0 saturated carbocycles. The third-order valence-corrected chi connectivity index (χ3v) is 1.97. The van der Waals surface area contributed by atoms with Gasteiger partial charge >= 0.3 is 0 Å². The van der Waals surface area contributed by atoms with Crippen molar-refractivity contribution in [2.75, 3.05) is 6.54 Å². The minimum atomic E-state index is 0.574. The zero-order chi connectivity index (χ0) is 9.23. The van der Waals surface area contributed by atoms with Gasteiger partial charge in [0.1, 0.15) is 0 Å². The number of nitriles is 1. The van der Waals surface area contributed by atoms with Gasteiger partial charge in [-0.2, -0.15) is 5.26 Å². The number of unbranched alkanes of at least 4 members (excludes halogenated alkanes) is 2. The average molecular weight is 168 g/mol. The molecule has 0 heterocycles. The lowest BCUT2D eigenvalue weighted by Gasteiger charge is -2.11. The van der Waals surface area contributed by atoms with Gasteiger partial charge in [-0.25, -0.2) is 0 Å². The molecule has 0 aromatic rings. The molecule has 70 valence electrons. The first kappa shape index (κ1) is 11.4. The fourth-order valence-corrected chi connectivity index (χ4v) is 1.18. The van der Waals surface area contributed by atoms with Crippen molar-refractivity contribution in [3.63, 3.8) is 0 Å². The largest absolute Gasteiger partial charge is 0.313 e. The first-order valence-corrected chi connectivity index (χ1v) is 4.91. The summed E-state index contributed by atoms with van der Waals surface area (Å²) in [7, 11) is 0. The van der Waals surface area contributed by atoms with Crippen molar-refractivity contribution in [3.05, 3.63) is 0 Å². The van der Waals surface area contributed by atoms with E-state index in [-0.39, 0.29) is 0 Å². The SMILES string of the molecule is CCCCC[C@H](C)NCCC#N. The van der Waals surface area contributed by atoms with Gasteiger partial charge < -0.3 is 5.32 Å². The zero-order valence-corrected chi connectivity index (χ0v) is 8.27. The molecule has 0 amide bonds. The van der Waals surface area contributed by atoms with Crippen LogP contribution in [0.4, 0.5) is 0 Å². The minimum Gasteiger partial charge on any atom is -0.313 e. The van der Waals surface area contributed by atoms with E-state index < -0.39 is 0 Å². The summed E-state index contributed by atoms with van der Waals surface area (Å²) in [4.78, 5) is 0. The molecule has 0 aliphatic rings. The van der Waals surface area contributed by atoms with Crippen molar-refractivity contribution < 1.29 is 0 Å². The molecule has 0 aromatic heterocycles. The van der Waals surface area contributed by atoms with Crippen LogP contribution < -0.4 is 5.32 Å². The van der Waals surface area contributed by atoms with E-state index in [0.717, 1.165) is 6.54 Å². The van der Waals surface area contributed by atoms with Crippen LogP contribution in [-0.4, -0.2) is 12.6 Å². The third-order valence-electron chi connectivity index (χ3n) is 1.97. The van der Waals surface area contributed by atoms with E-state index >= 15 is 0 Å². The molecule has 0 rings (SSSR count). The predicted molar refractivity (Wildman–Crippen MR) is 51.8 cm³/mol. The van der Waals surface area contributed by atoms with Gasteiger partial charge in [-0.05, 0) is 13.3 Å². The van der Waals surface area contributed by atoms with Crippen molar-refractivity contribution in [1.82, 2.24) is 5.32 Å². The maximum Gasteiger partial charge on any atom is 0.0635 e. The van der Waals surface area contributed by atoms with Gasteiger partial charge in [0.2, 0.25) is 0 Å². The molecule has 0 spiro atoms. The van der Waals surface area contributed by atoms with Crippen LogP contribution in [0.25, 0.3) is 0 Å². The molecule has 0 aromatic carbocycles. The second kappa shape index (κ2) is 8.55. The lowest BCUT2D eigenvalue weighted by molar-refractivity contribution is 0.493. The number of nitrogens with zero attached hydrogens (tertiary/aromatic N) is 1. The summed E-state index contributed by atoms with van der Waals surface area (Å²) in [5, 5.41) is 11.6. The van der Waals surface area contributed by atoms with Crippen molar-refractivity contribution in [3.8, 4) is 6.07 Å². The maximum atomic E-state index is 8.30. The van der Waals surface area contributed by atoms with Gasteiger partial charge in [0, 0.05) is 19.0 Å². The molecule has 0 saturated heterocycles. The van der Waals surface area contributed by atoms with Crippen LogP contribution in [0.15, 0.2) is 0 Å². The lowest BCUT2D eigenvalue weighted by Crippen LogP contribution is -2.26. The molecule has 1 N–H and O–H groups in total. The molecule has 0 bridgehead atoms. The van der Waals surface area contributed by atoms with E-state index in [2.05, 4.69) is 25.2 Å². The van der Waals surface area contributed by atoms with Crippen molar-refractivity contribution >= 4 is 0 Å². The third kappa shape index (κ3) is 7.56. The number of hydrogen-bond donors (Lipinski definition) is 1. The predicted octanol–water partition coefficient (Wildman–Crippen LogP) is 2.46. The fourth-order valence-electron chi connectivity index (χ4n) is 1.18. The molecule has 2 heteroatoms. The van der Waals surface area contributed by atoms with Crippen LogP contribution in [0.5, 0.6) is 0 Å². The summed E-state index contributed by atoms with van der Waals surface area (Å²) in [5.41, 5.74) is 0. The fraction of sp³-hybridized carbons (Fsp3) is 0.900. The summed E-state index contributed by atoms with van der Waals surface area (Å²) in [6, 6.07) is 2.70. The lowest BCUT2D eigenvalue weighted by atomic mass is 10.1. The minimum absolute atomic E-state index is 0.574. The van der Waals surface area contributed by atoms with E-state index in [1.54, 1.807) is 0 Å². The molecular weight excluding hydrogens is 148 g/mol. The van der Waals surface area contributed by atoms with Crippen molar-refractivity contribution in [1.29, 1.82) is 5.26 Å². The highest BCUT2D eigenvalue weighted by Gasteiger charge is 1.98.